The lowest BCUT2D eigenvalue weighted by Gasteiger charge is -2.25. The zero-order valence-corrected chi connectivity index (χ0v) is 13.0. The highest BCUT2D eigenvalue weighted by molar-refractivity contribution is 7.09. The molecule has 1 aliphatic heterocycles. The lowest BCUT2D eigenvalue weighted by Crippen LogP contribution is -2.31. The van der Waals surface area contributed by atoms with E-state index in [1.807, 2.05) is 34.5 Å². The van der Waals surface area contributed by atoms with E-state index < -0.39 is 0 Å². The molecule has 1 fully saturated rings. The predicted molar refractivity (Wildman–Crippen MR) is 85.7 cm³/mol. The normalized spacial score (nSPS) is 16.4. The molecule has 2 aromatic rings. The van der Waals surface area contributed by atoms with E-state index in [0.29, 0.717) is 19.8 Å². The third-order valence-corrected chi connectivity index (χ3v) is 4.79. The maximum absolute atomic E-state index is 12.7. The number of amides is 1. The molecule has 0 saturated heterocycles. The number of nitrogens with zero attached hydrogens (tertiary/aromatic N) is 1. The zero-order chi connectivity index (χ0) is 14.9. The van der Waals surface area contributed by atoms with Gasteiger partial charge >= 0.3 is 0 Å². The van der Waals surface area contributed by atoms with Crippen LogP contribution in [0.4, 0.5) is 5.69 Å². The van der Waals surface area contributed by atoms with Crippen molar-refractivity contribution in [3.63, 3.8) is 0 Å². The molecule has 114 valence electrons. The van der Waals surface area contributed by atoms with E-state index in [0.717, 1.165) is 30.0 Å². The van der Waals surface area contributed by atoms with Gasteiger partial charge < -0.3 is 14.4 Å². The summed E-state index contributed by atoms with van der Waals surface area (Å²) in [5.74, 6) is 1.88. The van der Waals surface area contributed by atoms with Crippen LogP contribution in [0.5, 0.6) is 11.5 Å². The van der Waals surface area contributed by atoms with Gasteiger partial charge in [0.1, 0.15) is 13.2 Å². The summed E-state index contributed by atoms with van der Waals surface area (Å²) < 4.78 is 11.2. The highest BCUT2D eigenvalue weighted by Crippen LogP contribution is 2.38. The highest BCUT2D eigenvalue weighted by Gasteiger charge is 2.34. The van der Waals surface area contributed by atoms with Crippen LogP contribution in [0.2, 0.25) is 0 Å². The quantitative estimate of drug-likeness (QED) is 0.867. The maximum atomic E-state index is 12.7. The average Bonchev–Trinajstić information content (AvgIpc) is 3.28. The molecule has 0 radical (unpaired) electrons. The van der Waals surface area contributed by atoms with E-state index >= 15 is 0 Å². The molecular formula is C17H17NO3S. The second-order valence-corrected chi connectivity index (χ2v) is 6.64. The molecule has 1 aromatic carbocycles. The van der Waals surface area contributed by atoms with E-state index in [9.17, 15) is 4.79 Å². The minimum Gasteiger partial charge on any atom is -0.486 e. The van der Waals surface area contributed by atoms with Crippen LogP contribution < -0.4 is 14.4 Å². The van der Waals surface area contributed by atoms with E-state index in [4.69, 9.17) is 9.47 Å². The lowest BCUT2D eigenvalue weighted by molar-refractivity contribution is -0.119. The average molecular weight is 315 g/mol. The Bertz CT molecular complexity index is 679. The fourth-order valence-electron chi connectivity index (χ4n) is 2.61. The van der Waals surface area contributed by atoms with Crippen LogP contribution >= 0.6 is 11.3 Å². The molecule has 4 nitrogen and oxygen atoms in total. The van der Waals surface area contributed by atoms with Crippen molar-refractivity contribution in [3.8, 4) is 11.5 Å². The molecule has 1 aromatic heterocycles. The summed E-state index contributed by atoms with van der Waals surface area (Å²) >= 11 is 1.67. The van der Waals surface area contributed by atoms with Crippen molar-refractivity contribution >= 4 is 22.9 Å². The number of rotatable bonds is 4. The zero-order valence-electron chi connectivity index (χ0n) is 12.2. The van der Waals surface area contributed by atoms with E-state index in [1.165, 1.54) is 4.88 Å². The van der Waals surface area contributed by atoms with Crippen LogP contribution in [0, 0.1) is 5.92 Å². The van der Waals surface area contributed by atoms with Crippen molar-refractivity contribution in [1.82, 2.24) is 0 Å². The first-order valence-corrected chi connectivity index (χ1v) is 8.42. The summed E-state index contributed by atoms with van der Waals surface area (Å²) in [5.41, 5.74) is 0.884. The summed E-state index contributed by atoms with van der Waals surface area (Å²) in [6.07, 6.45) is 2.01. The number of benzene rings is 1. The number of fused-ring (bicyclic) bond motifs is 1. The Morgan fingerprint density at radius 1 is 1.18 bits per heavy atom. The lowest BCUT2D eigenvalue weighted by atomic mass is 10.2. The minimum atomic E-state index is 0.188. The van der Waals surface area contributed by atoms with Crippen molar-refractivity contribution in [1.29, 1.82) is 0 Å². The van der Waals surface area contributed by atoms with E-state index in [1.54, 1.807) is 11.3 Å². The van der Waals surface area contributed by atoms with Gasteiger partial charge in [-0.2, -0.15) is 0 Å². The van der Waals surface area contributed by atoms with Gasteiger partial charge in [-0.25, -0.2) is 0 Å². The standard InChI is InChI=1S/C17H17NO3S/c19-17(12-3-4-12)18(11-14-2-1-9-22-14)13-5-6-15-16(10-13)21-8-7-20-15/h1-2,5-6,9-10,12H,3-4,7-8,11H2. The van der Waals surface area contributed by atoms with Crippen LogP contribution in [0.3, 0.4) is 0 Å². The van der Waals surface area contributed by atoms with E-state index in [2.05, 4.69) is 6.07 Å². The van der Waals surface area contributed by atoms with Crippen molar-refractivity contribution < 1.29 is 14.3 Å². The van der Waals surface area contributed by atoms with Crippen molar-refractivity contribution in [2.45, 2.75) is 19.4 Å². The fraction of sp³-hybridized carbons (Fsp3) is 0.353. The second-order valence-electron chi connectivity index (χ2n) is 5.61. The second kappa shape index (κ2) is 5.65. The van der Waals surface area contributed by atoms with Crippen LogP contribution in [-0.2, 0) is 11.3 Å². The van der Waals surface area contributed by atoms with E-state index in [-0.39, 0.29) is 11.8 Å². The summed E-state index contributed by atoms with van der Waals surface area (Å²) in [7, 11) is 0. The molecule has 0 N–H and O–H groups in total. The van der Waals surface area contributed by atoms with Gasteiger partial charge in [-0.1, -0.05) is 6.07 Å². The van der Waals surface area contributed by atoms with Gasteiger partial charge in [0.2, 0.25) is 5.91 Å². The number of ether oxygens (including phenoxy) is 2. The van der Waals surface area contributed by atoms with Crippen LogP contribution in [0.15, 0.2) is 35.7 Å². The first-order valence-electron chi connectivity index (χ1n) is 7.55. The Hall–Kier alpha value is -2.01. The topological polar surface area (TPSA) is 38.8 Å². The molecule has 2 heterocycles. The number of hydrogen-bond acceptors (Lipinski definition) is 4. The van der Waals surface area contributed by atoms with Crippen LogP contribution in [-0.4, -0.2) is 19.1 Å². The Kier molecular flexibility index (Phi) is 3.50. The molecule has 5 heteroatoms. The molecule has 1 aliphatic carbocycles. The Balaban J connectivity index is 1.65. The monoisotopic (exact) mass is 315 g/mol. The minimum absolute atomic E-state index is 0.188. The van der Waals surface area contributed by atoms with Gasteiger partial charge in [0.15, 0.2) is 11.5 Å². The largest absolute Gasteiger partial charge is 0.486 e. The van der Waals surface area contributed by atoms with Gasteiger partial charge in [-0.15, -0.1) is 11.3 Å². The maximum Gasteiger partial charge on any atom is 0.230 e. The smallest absolute Gasteiger partial charge is 0.230 e. The molecule has 1 amide bonds. The molecule has 1 saturated carbocycles. The Morgan fingerprint density at radius 2 is 2.00 bits per heavy atom. The first-order chi connectivity index (χ1) is 10.8. The highest BCUT2D eigenvalue weighted by atomic mass is 32.1. The summed E-state index contributed by atoms with van der Waals surface area (Å²) in [5, 5.41) is 2.04. The molecule has 0 unspecified atom stereocenters. The SMILES string of the molecule is O=C(C1CC1)N(Cc1cccs1)c1ccc2c(c1)OCCO2. The summed E-state index contributed by atoms with van der Waals surface area (Å²) in [6, 6.07) is 9.84. The summed E-state index contributed by atoms with van der Waals surface area (Å²) in [6.45, 7) is 1.75. The predicted octanol–water partition coefficient (Wildman–Crippen LogP) is 3.46. The number of thiophene rings is 1. The molecule has 0 atom stereocenters. The first kappa shape index (κ1) is 13.6. The van der Waals surface area contributed by atoms with Crippen molar-refractivity contribution in [3.05, 3.63) is 40.6 Å². The van der Waals surface area contributed by atoms with Crippen LogP contribution in [0.25, 0.3) is 0 Å². The fourth-order valence-corrected chi connectivity index (χ4v) is 3.30. The van der Waals surface area contributed by atoms with Gasteiger partial charge in [0.25, 0.3) is 0 Å². The van der Waals surface area contributed by atoms with Gasteiger partial charge in [0, 0.05) is 22.5 Å². The molecule has 22 heavy (non-hydrogen) atoms. The Labute approximate surface area is 133 Å². The molecular weight excluding hydrogens is 298 g/mol. The van der Waals surface area contributed by atoms with Crippen molar-refractivity contribution in [2.24, 2.45) is 5.92 Å². The molecule has 4 rings (SSSR count). The number of anilines is 1. The number of carbonyl (C=O) groups is 1. The molecule has 0 bridgehead atoms. The number of hydrogen-bond donors (Lipinski definition) is 0. The summed E-state index contributed by atoms with van der Waals surface area (Å²) in [4.78, 5) is 15.7. The van der Waals surface area contributed by atoms with Gasteiger partial charge in [-0.3, -0.25) is 4.79 Å². The Morgan fingerprint density at radius 3 is 2.73 bits per heavy atom. The van der Waals surface area contributed by atoms with Crippen molar-refractivity contribution in [2.75, 3.05) is 18.1 Å². The molecule has 2 aliphatic rings. The van der Waals surface area contributed by atoms with Crippen LogP contribution in [0.1, 0.15) is 17.7 Å². The van der Waals surface area contributed by atoms with Gasteiger partial charge in [-0.05, 0) is 36.4 Å². The number of carbonyl (C=O) groups excluding carboxylic acids is 1. The molecule has 0 spiro atoms. The van der Waals surface area contributed by atoms with Gasteiger partial charge in [0.05, 0.1) is 6.54 Å². The third-order valence-electron chi connectivity index (χ3n) is 3.92. The third kappa shape index (κ3) is 2.68.